The highest BCUT2D eigenvalue weighted by Gasteiger charge is 2.18. The lowest BCUT2D eigenvalue weighted by Crippen LogP contribution is -2.14. The van der Waals surface area contributed by atoms with Crippen LogP contribution >= 0.6 is 11.3 Å². The zero-order chi connectivity index (χ0) is 23.9. The number of amides is 1. The van der Waals surface area contributed by atoms with Crippen LogP contribution in [0, 0.1) is 6.92 Å². The van der Waals surface area contributed by atoms with Crippen molar-refractivity contribution >= 4 is 43.7 Å². The topological polar surface area (TPSA) is 136 Å². The van der Waals surface area contributed by atoms with Gasteiger partial charge >= 0.3 is 0 Å². The highest BCUT2D eigenvalue weighted by Crippen LogP contribution is 2.24. The molecule has 0 spiro atoms. The number of fused-ring (bicyclic) bond motifs is 1. The van der Waals surface area contributed by atoms with Crippen LogP contribution in [0.1, 0.15) is 16.2 Å². The summed E-state index contributed by atoms with van der Waals surface area (Å²) in [6.45, 7) is 1.95. The molecular formula is C21H18N8O3S2. The SMILES string of the molecule is Cc1c(-c2ccnc3cc(C(=O)Nc4ccc(S(=O)(=O)Nc5nccs5)cc4)nn23)cnn1C. The number of thiazole rings is 1. The summed E-state index contributed by atoms with van der Waals surface area (Å²) in [5.41, 5.74) is 3.70. The highest BCUT2D eigenvalue weighted by atomic mass is 32.2. The average molecular weight is 495 g/mol. The predicted molar refractivity (Wildman–Crippen MR) is 127 cm³/mol. The minimum absolute atomic E-state index is 0.0501. The number of carbonyl (C=O) groups excluding carboxylic acids is 1. The molecule has 0 aliphatic carbocycles. The molecule has 4 aromatic heterocycles. The Morgan fingerprint density at radius 2 is 1.88 bits per heavy atom. The maximum absolute atomic E-state index is 12.8. The van der Waals surface area contributed by atoms with Crippen molar-refractivity contribution in [1.29, 1.82) is 0 Å². The van der Waals surface area contributed by atoms with Gasteiger partial charge in [0.05, 0.1) is 16.8 Å². The van der Waals surface area contributed by atoms with Gasteiger partial charge in [-0.05, 0) is 37.3 Å². The van der Waals surface area contributed by atoms with E-state index in [0.29, 0.717) is 11.3 Å². The molecule has 0 aliphatic heterocycles. The van der Waals surface area contributed by atoms with Gasteiger partial charge in [0.2, 0.25) is 0 Å². The number of nitrogens with one attached hydrogen (secondary N) is 2. The van der Waals surface area contributed by atoms with Crippen LogP contribution in [0.5, 0.6) is 0 Å². The van der Waals surface area contributed by atoms with Crippen molar-refractivity contribution in [3.8, 4) is 11.3 Å². The van der Waals surface area contributed by atoms with Gasteiger partial charge in [-0.3, -0.25) is 14.2 Å². The summed E-state index contributed by atoms with van der Waals surface area (Å²) in [5.74, 6) is -0.448. The summed E-state index contributed by atoms with van der Waals surface area (Å²) in [6, 6.07) is 9.21. The van der Waals surface area contributed by atoms with E-state index in [4.69, 9.17) is 0 Å². The lowest BCUT2D eigenvalue weighted by Gasteiger charge is -2.07. The quantitative estimate of drug-likeness (QED) is 0.370. The number of benzene rings is 1. The number of hydrogen-bond donors (Lipinski definition) is 2. The fourth-order valence-electron chi connectivity index (χ4n) is 3.32. The normalized spacial score (nSPS) is 11.6. The standard InChI is InChI=1S/C21H18N8O3S2/c1-13-16(12-24-28(13)2)18-7-8-22-19-11-17(26-29(18)19)20(30)25-14-3-5-15(6-4-14)34(31,32)27-21-23-9-10-33-21/h3-12H,1-2H3,(H,23,27)(H,25,30). The van der Waals surface area contributed by atoms with E-state index in [1.165, 1.54) is 41.8 Å². The first-order valence-electron chi connectivity index (χ1n) is 9.99. The number of sulfonamides is 1. The van der Waals surface area contributed by atoms with E-state index >= 15 is 0 Å². The largest absolute Gasteiger partial charge is 0.321 e. The highest BCUT2D eigenvalue weighted by molar-refractivity contribution is 7.93. The fourth-order valence-corrected chi connectivity index (χ4v) is 5.11. The van der Waals surface area contributed by atoms with Crippen molar-refractivity contribution in [1.82, 2.24) is 29.4 Å². The minimum Gasteiger partial charge on any atom is -0.321 e. The van der Waals surface area contributed by atoms with Crippen molar-refractivity contribution in [2.45, 2.75) is 11.8 Å². The molecule has 2 N–H and O–H groups in total. The van der Waals surface area contributed by atoms with Crippen LogP contribution in [0.25, 0.3) is 16.9 Å². The molecule has 4 heterocycles. The van der Waals surface area contributed by atoms with Crippen LogP contribution in [0.2, 0.25) is 0 Å². The van der Waals surface area contributed by atoms with Crippen LogP contribution < -0.4 is 10.0 Å². The zero-order valence-corrected chi connectivity index (χ0v) is 19.6. The summed E-state index contributed by atoms with van der Waals surface area (Å²) < 4.78 is 30.7. The summed E-state index contributed by atoms with van der Waals surface area (Å²) in [4.78, 5) is 21.1. The second-order valence-electron chi connectivity index (χ2n) is 7.32. The third-order valence-corrected chi connectivity index (χ3v) is 7.35. The van der Waals surface area contributed by atoms with Crippen LogP contribution in [0.4, 0.5) is 10.8 Å². The molecule has 5 aromatic rings. The Labute approximate surface area is 198 Å². The van der Waals surface area contributed by atoms with E-state index in [0.717, 1.165) is 17.0 Å². The first kappa shape index (κ1) is 21.7. The van der Waals surface area contributed by atoms with Gasteiger partial charge in [0.15, 0.2) is 16.5 Å². The molecule has 0 fully saturated rings. The van der Waals surface area contributed by atoms with E-state index in [-0.39, 0.29) is 15.7 Å². The molecule has 0 aliphatic rings. The van der Waals surface area contributed by atoms with E-state index in [1.807, 2.05) is 20.0 Å². The molecule has 1 amide bonds. The molecule has 0 atom stereocenters. The summed E-state index contributed by atoms with van der Waals surface area (Å²) in [7, 11) is -1.92. The molecule has 13 heteroatoms. The summed E-state index contributed by atoms with van der Waals surface area (Å²) >= 11 is 1.18. The number of nitrogens with zero attached hydrogens (tertiary/aromatic N) is 6. The number of carbonyl (C=O) groups is 1. The fraction of sp³-hybridized carbons (Fsp3) is 0.0952. The van der Waals surface area contributed by atoms with Gasteiger partial charge < -0.3 is 5.32 Å². The Kier molecular flexibility index (Phi) is 5.34. The first-order valence-corrected chi connectivity index (χ1v) is 12.4. The Bertz CT molecular complexity index is 1600. The molecule has 11 nitrogen and oxygen atoms in total. The molecule has 172 valence electrons. The molecule has 0 saturated heterocycles. The van der Waals surface area contributed by atoms with Crippen molar-refractivity contribution in [2.75, 3.05) is 10.0 Å². The number of hydrogen-bond acceptors (Lipinski definition) is 8. The zero-order valence-electron chi connectivity index (χ0n) is 18.0. The second-order valence-corrected chi connectivity index (χ2v) is 9.90. The van der Waals surface area contributed by atoms with Gasteiger partial charge in [0, 0.05) is 47.8 Å². The molecule has 0 radical (unpaired) electrons. The van der Waals surface area contributed by atoms with Crippen molar-refractivity contribution in [3.63, 3.8) is 0 Å². The molecule has 1 aromatic carbocycles. The molecule has 0 bridgehead atoms. The maximum atomic E-state index is 12.8. The smallest absolute Gasteiger partial charge is 0.276 e. The van der Waals surface area contributed by atoms with E-state index in [2.05, 4.69) is 30.2 Å². The molecule has 0 saturated carbocycles. The predicted octanol–water partition coefficient (Wildman–Crippen LogP) is 2.95. The lowest BCUT2D eigenvalue weighted by atomic mass is 10.2. The monoisotopic (exact) mass is 494 g/mol. The second kappa shape index (κ2) is 8.35. The Morgan fingerprint density at radius 1 is 1.09 bits per heavy atom. The van der Waals surface area contributed by atoms with E-state index < -0.39 is 15.9 Å². The van der Waals surface area contributed by atoms with Crippen molar-refractivity contribution in [2.24, 2.45) is 7.05 Å². The lowest BCUT2D eigenvalue weighted by molar-refractivity contribution is 0.102. The van der Waals surface area contributed by atoms with Gasteiger partial charge in [-0.15, -0.1) is 11.3 Å². The van der Waals surface area contributed by atoms with Gasteiger partial charge in [-0.1, -0.05) is 0 Å². The summed E-state index contributed by atoms with van der Waals surface area (Å²) in [5, 5.41) is 13.4. The number of anilines is 2. The molecule has 5 rings (SSSR count). The van der Waals surface area contributed by atoms with Crippen LogP contribution in [-0.4, -0.2) is 43.7 Å². The minimum atomic E-state index is -3.78. The first-order chi connectivity index (χ1) is 16.3. The third kappa shape index (κ3) is 4.02. The maximum Gasteiger partial charge on any atom is 0.276 e. The number of aryl methyl sites for hydroxylation is 1. The molecule has 0 unspecified atom stereocenters. The average Bonchev–Trinajstić information content (AvgIpc) is 3.55. The Balaban J connectivity index is 1.37. The van der Waals surface area contributed by atoms with Gasteiger partial charge in [0.1, 0.15) is 0 Å². The number of rotatable bonds is 6. The Morgan fingerprint density at radius 3 is 2.56 bits per heavy atom. The van der Waals surface area contributed by atoms with Crippen LogP contribution in [0.3, 0.4) is 0 Å². The van der Waals surface area contributed by atoms with Gasteiger partial charge in [-0.2, -0.15) is 10.2 Å². The molecular weight excluding hydrogens is 476 g/mol. The third-order valence-electron chi connectivity index (χ3n) is 5.18. The Hall–Kier alpha value is -4.10. The van der Waals surface area contributed by atoms with Crippen molar-refractivity contribution < 1.29 is 13.2 Å². The number of aromatic nitrogens is 6. The van der Waals surface area contributed by atoms with Crippen LogP contribution in [0.15, 0.2) is 65.3 Å². The molecule has 34 heavy (non-hydrogen) atoms. The van der Waals surface area contributed by atoms with E-state index in [1.54, 1.807) is 33.0 Å². The summed E-state index contributed by atoms with van der Waals surface area (Å²) in [6.07, 6.45) is 4.90. The van der Waals surface area contributed by atoms with Gasteiger partial charge in [0.25, 0.3) is 15.9 Å². The van der Waals surface area contributed by atoms with Crippen molar-refractivity contribution in [3.05, 3.63) is 71.8 Å². The van der Waals surface area contributed by atoms with Gasteiger partial charge in [-0.25, -0.2) is 22.9 Å². The van der Waals surface area contributed by atoms with Crippen LogP contribution in [-0.2, 0) is 17.1 Å². The van der Waals surface area contributed by atoms with E-state index in [9.17, 15) is 13.2 Å².